The number of benzene rings is 2. The van der Waals surface area contributed by atoms with Gasteiger partial charge in [0, 0.05) is 18.2 Å². The van der Waals surface area contributed by atoms with E-state index in [1.165, 1.54) is 36.2 Å². The van der Waals surface area contributed by atoms with Gasteiger partial charge < -0.3 is 14.8 Å². The molecule has 1 amide bonds. The van der Waals surface area contributed by atoms with Gasteiger partial charge in [-0.3, -0.25) is 4.79 Å². The van der Waals surface area contributed by atoms with E-state index in [9.17, 15) is 13.2 Å². The van der Waals surface area contributed by atoms with E-state index in [0.29, 0.717) is 11.5 Å². The highest BCUT2D eigenvalue weighted by atomic mass is 32.2. The first-order valence-electron chi connectivity index (χ1n) is 11.9. The lowest BCUT2D eigenvalue weighted by molar-refractivity contribution is -0.122. The fourth-order valence-electron chi connectivity index (χ4n) is 4.45. The minimum atomic E-state index is -3.91. The van der Waals surface area contributed by atoms with E-state index in [1.807, 2.05) is 25.1 Å². The van der Waals surface area contributed by atoms with Gasteiger partial charge in [0.1, 0.15) is 0 Å². The van der Waals surface area contributed by atoms with Gasteiger partial charge >= 0.3 is 0 Å². The van der Waals surface area contributed by atoms with Crippen molar-refractivity contribution in [2.24, 2.45) is 0 Å². The maximum atomic E-state index is 13.7. The molecule has 0 bridgehead atoms. The molecule has 8 heteroatoms. The average Bonchev–Trinajstić information content (AvgIpc) is 2.86. The first-order chi connectivity index (χ1) is 16.3. The molecule has 1 fully saturated rings. The predicted molar refractivity (Wildman–Crippen MR) is 133 cm³/mol. The standard InChI is InChI=1S/C26H36N2O5S/c1-20(14-15-21-10-6-4-7-11-21)27-26(29)19-28(22-12-8-5-9-13-22)34(30,31)23-16-17-24(32-2)25(18-23)33-3/h4,6-7,10-11,16-18,20,22H,5,8-9,12-15,19H2,1-3H3,(H,27,29)/t20-/m0/s1. The minimum absolute atomic E-state index is 0.0651. The van der Waals surface area contributed by atoms with Crippen LogP contribution in [0, 0.1) is 0 Å². The maximum Gasteiger partial charge on any atom is 0.243 e. The SMILES string of the molecule is COc1ccc(S(=O)(=O)N(CC(=O)N[C@@H](C)CCc2ccccc2)C2CCCCC2)cc1OC. The summed E-state index contributed by atoms with van der Waals surface area (Å²) in [6, 6.07) is 14.4. The minimum Gasteiger partial charge on any atom is -0.493 e. The Bertz CT molecular complexity index is 1040. The second-order valence-corrected chi connectivity index (χ2v) is 10.7. The summed E-state index contributed by atoms with van der Waals surface area (Å²) in [5.41, 5.74) is 1.21. The van der Waals surface area contributed by atoms with Crippen molar-refractivity contribution in [2.75, 3.05) is 20.8 Å². The zero-order chi connectivity index (χ0) is 24.6. The zero-order valence-electron chi connectivity index (χ0n) is 20.3. The molecule has 3 rings (SSSR count). The van der Waals surface area contributed by atoms with Crippen LogP contribution < -0.4 is 14.8 Å². The first-order valence-corrected chi connectivity index (χ1v) is 13.4. The highest BCUT2D eigenvalue weighted by molar-refractivity contribution is 7.89. The third-order valence-electron chi connectivity index (χ3n) is 6.36. The molecular weight excluding hydrogens is 452 g/mol. The molecule has 0 spiro atoms. The number of hydrogen-bond donors (Lipinski definition) is 1. The molecule has 0 unspecified atom stereocenters. The number of carbonyl (C=O) groups excluding carboxylic acids is 1. The lowest BCUT2D eigenvalue weighted by Crippen LogP contribution is -2.48. The van der Waals surface area contributed by atoms with Crippen molar-refractivity contribution in [3.63, 3.8) is 0 Å². The zero-order valence-corrected chi connectivity index (χ0v) is 21.1. The summed E-state index contributed by atoms with van der Waals surface area (Å²) in [5.74, 6) is 0.511. The Balaban J connectivity index is 1.74. The second kappa shape index (κ2) is 12.2. The van der Waals surface area contributed by atoms with Crippen LogP contribution in [0.15, 0.2) is 53.4 Å². The molecule has 0 saturated heterocycles. The molecule has 0 aliphatic heterocycles. The van der Waals surface area contributed by atoms with E-state index >= 15 is 0 Å². The maximum absolute atomic E-state index is 13.7. The molecule has 2 aromatic carbocycles. The Morgan fingerprint density at radius 3 is 2.35 bits per heavy atom. The molecule has 1 saturated carbocycles. The van der Waals surface area contributed by atoms with Crippen molar-refractivity contribution in [3.05, 3.63) is 54.1 Å². The smallest absolute Gasteiger partial charge is 0.243 e. The van der Waals surface area contributed by atoms with Gasteiger partial charge in [0.05, 0.1) is 25.7 Å². The van der Waals surface area contributed by atoms with Crippen LogP contribution in [0.2, 0.25) is 0 Å². The monoisotopic (exact) mass is 488 g/mol. The quantitative estimate of drug-likeness (QED) is 0.513. The fourth-order valence-corrected chi connectivity index (χ4v) is 6.11. The highest BCUT2D eigenvalue weighted by Crippen LogP contribution is 2.33. The van der Waals surface area contributed by atoms with E-state index in [0.717, 1.165) is 44.9 Å². The Hall–Kier alpha value is -2.58. The summed E-state index contributed by atoms with van der Waals surface area (Å²) >= 11 is 0. The molecule has 0 heterocycles. The van der Waals surface area contributed by atoms with E-state index in [1.54, 1.807) is 6.07 Å². The third-order valence-corrected chi connectivity index (χ3v) is 8.25. The van der Waals surface area contributed by atoms with Gasteiger partial charge in [0.15, 0.2) is 11.5 Å². The van der Waals surface area contributed by atoms with Crippen LogP contribution in [0.3, 0.4) is 0 Å². The average molecular weight is 489 g/mol. The van der Waals surface area contributed by atoms with Gasteiger partial charge in [-0.2, -0.15) is 4.31 Å². The number of methoxy groups -OCH3 is 2. The molecule has 186 valence electrons. The third kappa shape index (κ3) is 6.73. The van der Waals surface area contributed by atoms with Gasteiger partial charge in [-0.25, -0.2) is 8.42 Å². The van der Waals surface area contributed by atoms with Crippen LogP contribution in [0.25, 0.3) is 0 Å². The van der Waals surface area contributed by atoms with E-state index in [2.05, 4.69) is 17.4 Å². The molecule has 34 heavy (non-hydrogen) atoms. The summed E-state index contributed by atoms with van der Waals surface area (Å²) in [4.78, 5) is 13.1. The van der Waals surface area contributed by atoms with Gasteiger partial charge in [-0.05, 0) is 50.3 Å². The summed E-state index contributed by atoms with van der Waals surface area (Å²) in [6.45, 7) is 1.76. The summed E-state index contributed by atoms with van der Waals surface area (Å²) in [5, 5.41) is 2.99. The molecule has 1 aliphatic rings. The number of carbonyl (C=O) groups is 1. The molecule has 1 atom stereocenters. The van der Waals surface area contributed by atoms with Gasteiger partial charge in [-0.1, -0.05) is 49.6 Å². The summed E-state index contributed by atoms with van der Waals surface area (Å²) < 4.78 is 39.3. The molecule has 0 aromatic heterocycles. The van der Waals surface area contributed by atoms with Crippen molar-refractivity contribution in [1.29, 1.82) is 0 Å². The van der Waals surface area contributed by atoms with E-state index in [-0.39, 0.29) is 29.4 Å². The second-order valence-electron chi connectivity index (χ2n) is 8.85. The number of amides is 1. The Morgan fingerprint density at radius 1 is 1.03 bits per heavy atom. The largest absolute Gasteiger partial charge is 0.493 e. The normalized spacial score (nSPS) is 15.6. The first kappa shape index (κ1) is 26.0. The van der Waals surface area contributed by atoms with E-state index < -0.39 is 10.0 Å². The number of rotatable bonds is 11. The van der Waals surface area contributed by atoms with Crippen molar-refractivity contribution < 1.29 is 22.7 Å². The predicted octanol–water partition coefficient (Wildman–Crippen LogP) is 4.16. The van der Waals surface area contributed by atoms with Gasteiger partial charge in [0.2, 0.25) is 15.9 Å². The van der Waals surface area contributed by atoms with Crippen molar-refractivity contribution in [1.82, 2.24) is 9.62 Å². The molecular formula is C26H36N2O5S. The number of nitrogens with one attached hydrogen (secondary N) is 1. The Kier molecular flexibility index (Phi) is 9.36. The Labute approximate surface area is 203 Å². The van der Waals surface area contributed by atoms with Crippen LogP contribution in [0.5, 0.6) is 11.5 Å². The van der Waals surface area contributed by atoms with Crippen LogP contribution in [-0.4, -0.2) is 51.5 Å². The summed E-state index contributed by atoms with van der Waals surface area (Å²) in [6.07, 6.45) is 6.13. The van der Waals surface area contributed by atoms with Crippen LogP contribution in [-0.2, 0) is 21.2 Å². The molecule has 1 N–H and O–H groups in total. The van der Waals surface area contributed by atoms with Crippen molar-refractivity contribution in [2.45, 2.75) is 68.8 Å². The van der Waals surface area contributed by atoms with Crippen molar-refractivity contribution in [3.8, 4) is 11.5 Å². The molecule has 7 nitrogen and oxygen atoms in total. The Morgan fingerprint density at radius 2 is 1.71 bits per heavy atom. The highest BCUT2D eigenvalue weighted by Gasteiger charge is 2.34. The molecule has 1 aliphatic carbocycles. The van der Waals surface area contributed by atoms with E-state index in [4.69, 9.17) is 9.47 Å². The number of aryl methyl sites for hydroxylation is 1. The number of nitrogens with zero attached hydrogens (tertiary/aromatic N) is 1. The lowest BCUT2D eigenvalue weighted by atomic mass is 9.95. The number of hydrogen-bond acceptors (Lipinski definition) is 5. The van der Waals surface area contributed by atoms with Crippen LogP contribution in [0.4, 0.5) is 0 Å². The van der Waals surface area contributed by atoms with Crippen LogP contribution >= 0.6 is 0 Å². The van der Waals surface area contributed by atoms with Crippen LogP contribution in [0.1, 0.15) is 51.0 Å². The van der Waals surface area contributed by atoms with Crippen molar-refractivity contribution >= 4 is 15.9 Å². The van der Waals surface area contributed by atoms with Gasteiger partial charge in [0.25, 0.3) is 0 Å². The topological polar surface area (TPSA) is 84.9 Å². The fraction of sp³-hybridized carbons (Fsp3) is 0.500. The summed E-state index contributed by atoms with van der Waals surface area (Å²) in [7, 11) is -0.934. The number of ether oxygens (including phenoxy) is 2. The number of sulfonamides is 1. The van der Waals surface area contributed by atoms with Gasteiger partial charge in [-0.15, -0.1) is 0 Å². The lowest BCUT2D eigenvalue weighted by Gasteiger charge is -2.33. The molecule has 0 radical (unpaired) electrons. The molecule has 2 aromatic rings.